The molecule has 0 aromatic carbocycles. The van der Waals surface area contributed by atoms with Crippen molar-refractivity contribution in [1.29, 1.82) is 0 Å². The molecule has 0 bridgehead atoms. The van der Waals surface area contributed by atoms with Gasteiger partial charge in [-0.25, -0.2) is 4.98 Å². The van der Waals surface area contributed by atoms with Crippen molar-refractivity contribution < 1.29 is 4.79 Å². The van der Waals surface area contributed by atoms with E-state index in [0.717, 1.165) is 61.9 Å². The van der Waals surface area contributed by atoms with Crippen LogP contribution in [0.3, 0.4) is 0 Å². The lowest BCUT2D eigenvalue weighted by Gasteiger charge is -2.26. The number of aromatic amines is 1. The fourth-order valence-corrected chi connectivity index (χ4v) is 6.16. The van der Waals surface area contributed by atoms with Crippen LogP contribution in [-0.4, -0.2) is 55.6 Å². The molecule has 4 N–H and O–H groups in total. The van der Waals surface area contributed by atoms with Crippen LogP contribution in [0, 0.1) is 0 Å². The predicted molar refractivity (Wildman–Crippen MR) is 128 cm³/mol. The highest BCUT2D eigenvalue weighted by Crippen LogP contribution is 2.35. The summed E-state index contributed by atoms with van der Waals surface area (Å²) in [6, 6.07) is 1.88. The second-order valence-corrected chi connectivity index (χ2v) is 10.3. The molecule has 4 aliphatic rings. The Morgan fingerprint density at radius 2 is 2.03 bits per heavy atom. The molecular formula is C22H31N9OS. The van der Waals surface area contributed by atoms with Gasteiger partial charge in [-0.15, -0.1) is 4.41 Å². The lowest BCUT2D eigenvalue weighted by molar-refractivity contribution is -0.125. The quantitative estimate of drug-likeness (QED) is 0.474. The van der Waals surface area contributed by atoms with Gasteiger partial charge >= 0.3 is 0 Å². The number of amides is 1. The number of nitrogens with one attached hydrogen (secondary N) is 4. The van der Waals surface area contributed by atoms with Crippen LogP contribution >= 0.6 is 11.9 Å². The monoisotopic (exact) mass is 469 g/mol. The van der Waals surface area contributed by atoms with E-state index < -0.39 is 0 Å². The molecule has 2 aliphatic heterocycles. The molecular weight excluding hydrogens is 438 g/mol. The molecule has 1 amide bonds. The third-order valence-corrected chi connectivity index (χ3v) is 8.05. The van der Waals surface area contributed by atoms with Crippen molar-refractivity contribution in [1.82, 2.24) is 35.3 Å². The Bertz CT molecular complexity index is 1020. The Hall–Kier alpha value is -2.37. The fourth-order valence-electron chi connectivity index (χ4n) is 5.48. The molecule has 2 aliphatic carbocycles. The van der Waals surface area contributed by atoms with Gasteiger partial charge in [0.15, 0.2) is 5.82 Å². The molecule has 33 heavy (non-hydrogen) atoms. The van der Waals surface area contributed by atoms with Crippen LogP contribution in [0.25, 0.3) is 0 Å². The molecule has 4 heterocycles. The average molecular weight is 470 g/mol. The van der Waals surface area contributed by atoms with Crippen molar-refractivity contribution in [2.75, 3.05) is 29.3 Å². The van der Waals surface area contributed by atoms with Gasteiger partial charge in [0.25, 0.3) is 5.91 Å². The number of fused-ring (bicyclic) bond motifs is 1. The first-order valence-electron chi connectivity index (χ1n) is 12.1. The summed E-state index contributed by atoms with van der Waals surface area (Å²) in [5.74, 6) is 3.71. The molecule has 1 atom stereocenters. The summed E-state index contributed by atoms with van der Waals surface area (Å²) in [6.07, 6.45) is 9.84. The largest absolute Gasteiger partial charge is 0.329 e. The van der Waals surface area contributed by atoms with Crippen molar-refractivity contribution in [3.8, 4) is 0 Å². The number of hydrogen-bond donors (Lipinski definition) is 4. The Morgan fingerprint density at radius 3 is 2.88 bits per heavy atom. The molecule has 176 valence electrons. The zero-order valence-electron chi connectivity index (χ0n) is 18.8. The van der Waals surface area contributed by atoms with Crippen LogP contribution in [-0.2, 0) is 17.6 Å². The molecule has 1 unspecified atom stereocenters. The third kappa shape index (κ3) is 4.29. The molecule has 3 fully saturated rings. The second-order valence-electron chi connectivity index (χ2n) is 9.35. The number of aromatic nitrogens is 4. The van der Waals surface area contributed by atoms with E-state index in [1.807, 2.05) is 4.41 Å². The smallest absolute Gasteiger partial charge is 0.257 e. The number of H-pyrrole nitrogens is 1. The van der Waals surface area contributed by atoms with E-state index in [4.69, 9.17) is 9.97 Å². The van der Waals surface area contributed by atoms with Crippen molar-refractivity contribution >= 4 is 35.4 Å². The zero-order chi connectivity index (χ0) is 22.2. The summed E-state index contributed by atoms with van der Waals surface area (Å²) in [6.45, 7) is 1.44. The molecule has 2 aromatic rings. The van der Waals surface area contributed by atoms with E-state index in [1.54, 1.807) is 11.9 Å². The number of hydrogen-bond acceptors (Lipinski definition) is 9. The van der Waals surface area contributed by atoms with E-state index in [1.165, 1.54) is 36.9 Å². The minimum absolute atomic E-state index is 0.0100. The highest BCUT2D eigenvalue weighted by Gasteiger charge is 2.35. The summed E-state index contributed by atoms with van der Waals surface area (Å²) >= 11 is 1.58. The zero-order valence-corrected chi connectivity index (χ0v) is 19.6. The van der Waals surface area contributed by atoms with Gasteiger partial charge < -0.3 is 10.2 Å². The maximum Gasteiger partial charge on any atom is 0.257 e. The average Bonchev–Trinajstić information content (AvgIpc) is 3.64. The van der Waals surface area contributed by atoms with Gasteiger partial charge in [-0.3, -0.25) is 20.6 Å². The molecule has 6 rings (SSSR count). The van der Waals surface area contributed by atoms with Crippen LogP contribution in [0.5, 0.6) is 0 Å². The molecule has 2 aromatic heterocycles. The maximum atomic E-state index is 13.0. The number of carbonyl (C=O) groups excluding carboxylic acids is 1. The number of nitrogens with zero attached hydrogens (tertiary/aromatic N) is 5. The van der Waals surface area contributed by atoms with E-state index >= 15 is 0 Å². The number of rotatable bonds is 6. The summed E-state index contributed by atoms with van der Waals surface area (Å²) in [7, 11) is 0. The summed E-state index contributed by atoms with van der Waals surface area (Å²) in [5.41, 5.74) is 6.52. The van der Waals surface area contributed by atoms with Gasteiger partial charge in [-0.1, -0.05) is 12.8 Å². The Morgan fingerprint density at radius 1 is 1.12 bits per heavy atom. The van der Waals surface area contributed by atoms with Crippen LogP contribution in [0.15, 0.2) is 6.07 Å². The van der Waals surface area contributed by atoms with E-state index in [0.29, 0.717) is 18.5 Å². The van der Waals surface area contributed by atoms with Crippen LogP contribution in [0.4, 0.5) is 17.6 Å². The number of aryl methyl sites for hydroxylation is 1. The highest BCUT2D eigenvalue weighted by molar-refractivity contribution is 7.97. The van der Waals surface area contributed by atoms with Crippen LogP contribution in [0.2, 0.25) is 0 Å². The number of anilines is 3. The first kappa shape index (κ1) is 21.2. The van der Waals surface area contributed by atoms with Gasteiger partial charge in [-0.2, -0.15) is 10.1 Å². The fraction of sp³-hybridized carbons (Fsp3) is 0.636. The van der Waals surface area contributed by atoms with Crippen LogP contribution in [0.1, 0.15) is 67.8 Å². The van der Waals surface area contributed by atoms with Gasteiger partial charge in [-0.05, 0) is 56.9 Å². The summed E-state index contributed by atoms with van der Waals surface area (Å²) in [4.78, 5) is 24.9. The molecule has 1 saturated carbocycles. The van der Waals surface area contributed by atoms with Gasteiger partial charge in [0.1, 0.15) is 11.9 Å². The van der Waals surface area contributed by atoms with E-state index in [9.17, 15) is 4.79 Å². The van der Waals surface area contributed by atoms with Gasteiger partial charge in [0.2, 0.25) is 5.95 Å². The topological polar surface area (TPSA) is 114 Å². The summed E-state index contributed by atoms with van der Waals surface area (Å²) in [5, 5.41) is 14.4. The molecule has 10 nitrogen and oxygen atoms in total. The first-order valence-corrected chi connectivity index (χ1v) is 13.1. The number of hydrazine groups is 1. The van der Waals surface area contributed by atoms with Crippen molar-refractivity contribution in [2.24, 2.45) is 0 Å². The van der Waals surface area contributed by atoms with Crippen LogP contribution < -0.4 is 21.0 Å². The third-order valence-electron chi connectivity index (χ3n) is 7.19. The minimum Gasteiger partial charge on any atom is -0.329 e. The van der Waals surface area contributed by atoms with Crippen molar-refractivity contribution in [2.45, 2.75) is 69.7 Å². The van der Waals surface area contributed by atoms with E-state index in [-0.39, 0.29) is 11.9 Å². The minimum atomic E-state index is -0.252. The van der Waals surface area contributed by atoms with Gasteiger partial charge in [0, 0.05) is 29.8 Å². The standard InChI is InChI=1S/C22H31N9OS/c32-21(29-31-12-23-13-33-31)18-9-4-10-30(18)22-24-16-8-3-7-15(16)20(26-22)25-19-11-17(27-28-19)14-5-1-2-6-14/h11,14,18,23H,1-10,12-13H2,(H,29,32)(H2,24,25,26,27,28). The molecule has 11 heteroatoms. The highest BCUT2D eigenvalue weighted by atomic mass is 32.2. The number of carbonyl (C=O) groups is 1. The Kier molecular flexibility index (Phi) is 5.85. The molecule has 2 saturated heterocycles. The van der Waals surface area contributed by atoms with Crippen molar-refractivity contribution in [3.63, 3.8) is 0 Å². The van der Waals surface area contributed by atoms with Crippen molar-refractivity contribution in [3.05, 3.63) is 23.0 Å². The summed E-state index contributed by atoms with van der Waals surface area (Å²) < 4.78 is 1.86. The molecule has 0 radical (unpaired) electrons. The van der Waals surface area contributed by atoms with Gasteiger partial charge in [0.05, 0.1) is 18.2 Å². The lowest BCUT2D eigenvalue weighted by atomic mass is 10.0. The predicted octanol–water partition coefficient (Wildman–Crippen LogP) is 2.56. The molecule has 0 spiro atoms. The first-order chi connectivity index (χ1) is 16.2. The maximum absolute atomic E-state index is 13.0. The Balaban J connectivity index is 1.23. The normalized spacial score (nSPS) is 23.4. The Labute approximate surface area is 197 Å². The second kappa shape index (κ2) is 9.11. The lowest BCUT2D eigenvalue weighted by Crippen LogP contribution is -2.48. The SMILES string of the molecule is O=C(NN1CNCS1)C1CCCN1c1nc2c(c(Nc3cc(C4CCCC4)[nH]n3)n1)CCC2. The van der Waals surface area contributed by atoms with E-state index in [2.05, 4.69) is 37.2 Å².